The Morgan fingerprint density at radius 2 is 2.24 bits per heavy atom. The molecule has 1 aromatic carbocycles. The van der Waals surface area contributed by atoms with E-state index in [4.69, 9.17) is 4.74 Å². The van der Waals surface area contributed by atoms with Crippen LogP contribution in [0, 0.1) is 0 Å². The molecule has 1 heterocycles. The minimum absolute atomic E-state index is 0.636. The Hall–Kier alpha value is -1.02. The molecule has 0 aromatic heterocycles. The third-order valence-electron chi connectivity index (χ3n) is 3.55. The number of rotatable bonds is 5. The zero-order chi connectivity index (χ0) is 12.1. The fourth-order valence-electron chi connectivity index (χ4n) is 2.65. The first-order valence-corrected chi connectivity index (χ1v) is 6.81. The molecule has 0 radical (unpaired) electrons. The molecule has 1 aliphatic heterocycles. The highest BCUT2D eigenvalue weighted by Gasteiger charge is 2.26. The van der Waals surface area contributed by atoms with Gasteiger partial charge in [0.2, 0.25) is 0 Å². The van der Waals surface area contributed by atoms with Crippen LogP contribution in [0.25, 0.3) is 0 Å². The Morgan fingerprint density at radius 3 is 3.00 bits per heavy atom. The Labute approximate surface area is 104 Å². The molecule has 0 amide bonds. The first kappa shape index (κ1) is 12.4. The fraction of sp³-hybridized carbons (Fsp3) is 0.600. The van der Waals surface area contributed by atoms with Gasteiger partial charge in [0, 0.05) is 12.0 Å². The normalized spacial score (nSPS) is 23.9. The maximum atomic E-state index is 5.70. The lowest BCUT2D eigenvalue weighted by atomic mass is 9.90. The first-order chi connectivity index (χ1) is 8.35. The van der Waals surface area contributed by atoms with Gasteiger partial charge in [0.1, 0.15) is 5.75 Å². The van der Waals surface area contributed by atoms with Gasteiger partial charge in [0.15, 0.2) is 0 Å². The van der Waals surface area contributed by atoms with E-state index in [9.17, 15) is 0 Å². The molecule has 94 valence electrons. The van der Waals surface area contributed by atoms with E-state index in [2.05, 4.69) is 43.4 Å². The van der Waals surface area contributed by atoms with Gasteiger partial charge in [-0.05, 0) is 43.5 Å². The molecule has 2 rings (SSSR count). The minimum atomic E-state index is 0.636. The summed E-state index contributed by atoms with van der Waals surface area (Å²) in [5, 5.41) is 3.58. The molecule has 2 unspecified atom stereocenters. The molecule has 1 aromatic rings. The molecule has 0 spiro atoms. The van der Waals surface area contributed by atoms with Gasteiger partial charge in [0.05, 0.1) is 6.61 Å². The van der Waals surface area contributed by atoms with Gasteiger partial charge in [-0.3, -0.25) is 0 Å². The van der Waals surface area contributed by atoms with E-state index in [1.54, 1.807) is 0 Å². The molecule has 0 bridgehead atoms. The largest absolute Gasteiger partial charge is 0.494 e. The van der Waals surface area contributed by atoms with E-state index < -0.39 is 0 Å². The molecule has 17 heavy (non-hydrogen) atoms. The SMILES string of the molecule is CCCOc1cccc(C2CCNC2CC)c1. The lowest BCUT2D eigenvalue weighted by molar-refractivity contribution is 0.317. The van der Waals surface area contributed by atoms with Crippen LogP contribution in [-0.2, 0) is 0 Å². The van der Waals surface area contributed by atoms with Crippen LogP contribution in [0.3, 0.4) is 0 Å². The van der Waals surface area contributed by atoms with Crippen molar-refractivity contribution in [2.45, 2.75) is 45.1 Å². The van der Waals surface area contributed by atoms with E-state index in [0.717, 1.165) is 25.3 Å². The molecular weight excluding hydrogens is 210 g/mol. The van der Waals surface area contributed by atoms with Crippen LogP contribution in [0.5, 0.6) is 5.75 Å². The van der Waals surface area contributed by atoms with Crippen LogP contribution in [0.4, 0.5) is 0 Å². The monoisotopic (exact) mass is 233 g/mol. The average Bonchev–Trinajstić information content (AvgIpc) is 2.85. The van der Waals surface area contributed by atoms with E-state index in [1.807, 2.05) is 0 Å². The van der Waals surface area contributed by atoms with Crippen molar-refractivity contribution in [2.24, 2.45) is 0 Å². The van der Waals surface area contributed by atoms with Crippen molar-refractivity contribution in [2.75, 3.05) is 13.2 Å². The van der Waals surface area contributed by atoms with Gasteiger partial charge in [-0.15, -0.1) is 0 Å². The second-order valence-corrected chi connectivity index (χ2v) is 4.78. The highest BCUT2D eigenvalue weighted by molar-refractivity contribution is 5.32. The minimum Gasteiger partial charge on any atom is -0.494 e. The lowest BCUT2D eigenvalue weighted by Gasteiger charge is -2.19. The Kier molecular flexibility index (Phi) is 4.43. The Balaban J connectivity index is 2.09. The van der Waals surface area contributed by atoms with E-state index >= 15 is 0 Å². The highest BCUT2D eigenvalue weighted by atomic mass is 16.5. The molecule has 1 N–H and O–H groups in total. The topological polar surface area (TPSA) is 21.3 Å². The second kappa shape index (κ2) is 6.06. The number of hydrogen-bond acceptors (Lipinski definition) is 2. The van der Waals surface area contributed by atoms with Gasteiger partial charge in [-0.1, -0.05) is 26.0 Å². The van der Waals surface area contributed by atoms with Crippen LogP contribution >= 0.6 is 0 Å². The summed E-state index contributed by atoms with van der Waals surface area (Å²) in [5.74, 6) is 1.68. The van der Waals surface area contributed by atoms with Gasteiger partial charge in [0.25, 0.3) is 0 Å². The van der Waals surface area contributed by atoms with Crippen molar-refractivity contribution in [3.05, 3.63) is 29.8 Å². The maximum Gasteiger partial charge on any atom is 0.119 e. The van der Waals surface area contributed by atoms with E-state index in [-0.39, 0.29) is 0 Å². The van der Waals surface area contributed by atoms with Gasteiger partial charge < -0.3 is 10.1 Å². The summed E-state index contributed by atoms with van der Waals surface area (Å²) in [5.41, 5.74) is 1.43. The summed E-state index contributed by atoms with van der Waals surface area (Å²) in [7, 11) is 0. The lowest BCUT2D eigenvalue weighted by Crippen LogP contribution is -2.24. The Bertz CT molecular complexity index is 351. The van der Waals surface area contributed by atoms with Crippen molar-refractivity contribution in [3.63, 3.8) is 0 Å². The Morgan fingerprint density at radius 1 is 1.35 bits per heavy atom. The number of benzene rings is 1. The summed E-state index contributed by atoms with van der Waals surface area (Å²) in [6.07, 6.45) is 3.51. The molecule has 2 atom stereocenters. The second-order valence-electron chi connectivity index (χ2n) is 4.78. The third-order valence-corrected chi connectivity index (χ3v) is 3.55. The predicted octanol–water partition coefficient (Wildman–Crippen LogP) is 3.33. The van der Waals surface area contributed by atoms with Crippen LogP contribution in [0.2, 0.25) is 0 Å². The van der Waals surface area contributed by atoms with Crippen LogP contribution in [-0.4, -0.2) is 19.2 Å². The quantitative estimate of drug-likeness (QED) is 0.842. The predicted molar refractivity (Wildman–Crippen MR) is 71.7 cm³/mol. The summed E-state index contributed by atoms with van der Waals surface area (Å²) < 4.78 is 5.70. The van der Waals surface area contributed by atoms with Crippen LogP contribution in [0.15, 0.2) is 24.3 Å². The molecule has 2 nitrogen and oxygen atoms in total. The molecule has 2 heteroatoms. The standard InChI is InChI=1S/C15H23NO/c1-3-10-17-13-7-5-6-12(11-13)14-8-9-16-15(14)4-2/h5-7,11,14-16H,3-4,8-10H2,1-2H3. The van der Waals surface area contributed by atoms with Crippen molar-refractivity contribution in [1.29, 1.82) is 0 Å². The summed E-state index contributed by atoms with van der Waals surface area (Å²) in [4.78, 5) is 0. The molecule has 0 saturated carbocycles. The molecular formula is C15H23NO. The summed E-state index contributed by atoms with van der Waals surface area (Å²) >= 11 is 0. The van der Waals surface area contributed by atoms with Crippen LogP contribution in [0.1, 0.15) is 44.6 Å². The van der Waals surface area contributed by atoms with Crippen molar-refractivity contribution >= 4 is 0 Å². The highest BCUT2D eigenvalue weighted by Crippen LogP contribution is 2.31. The van der Waals surface area contributed by atoms with Crippen molar-refractivity contribution in [1.82, 2.24) is 5.32 Å². The molecule has 0 aliphatic carbocycles. The van der Waals surface area contributed by atoms with E-state index in [0.29, 0.717) is 12.0 Å². The smallest absolute Gasteiger partial charge is 0.119 e. The summed E-state index contributed by atoms with van der Waals surface area (Å²) in [6, 6.07) is 9.26. The van der Waals surface area contributed by atoms with Crippen molar-refractivity contribution in [3.8, 4) is 5.75 Å². The van der Waals surface area contributed by atoms with E-state index in [1.165, 1.54) is 18.4 Å². The van der Waals surface area contributed by atoms with Gasteiger partial charge in [-0.2, -0.15) is 0 Å². The van der Waals surface area contributed by atoms with Gasteiger partial charge >= 0.3 is 0 Å². The third kappa shape index (κ3) is 3.01. The van der Waals surface area contributed by atoms with Crippen LogP contribution < -0.4 is 10.1 Å². The molecule has 1 aliphatic rings. The number of nitrogens with one attached hydrogen (secondary N) is 1. The summed E-state index contributed by atoms with van der Waals surface area (Å²) in [6.45, 7) is 6.35. The zero-order valence-electron chi connectivity index (χ0n) is 10.9. The molecule has 1 fully saturated rings. The zero-order valence-corrected chi connectivity index (χ0v) is 10.9. The van der Waals surface area contributed by atoms with Crippen molar-refractivity contribution < 1.29 is 4.74 Å². The fourth-order valence-corrected chi connectivity index (χ4v) is 2.65. The average molecular weight is 233 g/mol. The first-order valence-electron chi connectivity index (χ1n) is 6.81. The number of ether oxygens (including phenoxy) is 1. The maximum absolute atomic E-state index is 5.70. The molecule has 1 saturated heterocycles. The van der Waals surface area contributed by atoms with Gasteiger partial charge in [-0.25, -0.2) is 0 Å². The number of hydrogen-bond donors (Lipinski definition) is 1.